The summed E-state index contributed by atoms with van der Waals surface area (Å²) in [4.78, 5) is 0. The molecule has 2 rings (SSSR count). The van der Waals surface area contributed by atoms with Crippen LogP contribution >= 0.6 is 0 Å². The van der Waals surface area contributed by atoms with E-state index in [2.05, 4.69) is 0 Å². The SMILES string of the molecule is CC1(CN)COc2cc(C(F)(F)F)ccc2C1. The van der Waals surface area contributed by atoms with Gasteiger partial charge in [0.05, 0.1) is 12.2 Å². The summed E-state index contributed by atoms with van der Waals surface area (Å²) in [6, 6.07) is 3.63. The van der Waals surface area contributed by atoms with E-state index >= 15 is 0 Å². The highest BCUT2D eigenvalue weighted by atomic mass is 19.4. The molecule has 1 aromatic rings. The first-order chi connectivity index (χ1) is 7.84. The molecule has 17 heavy (non-hydrogen) atoms. The van der Waals surface area contributed by atoms with Gasteiger partial charge in [-0.05, 0) is 24.1 Å². The molecule has 0 amide bonds. The second-order valence-corrected chi connectivity index (χ2v) is 4.80. The van der Waals surface area contributed by atoms with Crippen molar-refractivity contribution in [2.75, 3.05) is 13.2 Å². The summed E-state index contributed by atoms with van der Waals surface area (Å²) >= 11 is 0. The van der Waals surface area contributed by atoms with Gasteiger partial charge >= 0.3 is 6.18 Å². The van der Waals surface area contributed by atoms with Crippen molar-refractivity contribution < 1.29 is 17.9 Å². The molecular weight excluding hydrogens is 231 g/mol. The van der Waals surface area contributed by atoms with Crippen molar-refractivity contribution in [2.24, 2.45) is 11.1 Å². The van der Waals surface area contributed by atoms with Crippen LogP contribution in [0, 0.1) is 5.41 Å². The molecule has 1 aliphatic rings. The zero-order valence-corrected chi connectivity index (χ0v) is 9.47. The summed E-state index contributed by atoms with van der Waals surface area (Å²) in [6.07, 6.45) is -3.68. The lowest BCUT2D eigenvalue weighted by atomic mass is 9.82. The summed E-state index contributed by atoms with van der Waals surface area (Å²) in [6.45, 7) is 2.78. The van der Waals surface area contributed by atoms with Crippen LogP contribution in [-0.2, 0) is 12.6 Å². The first-order valence-corrected chi connectivity index (χ1v) is 5.37. The number of ether oxygens (including phenoxy) is 1. The minimum absolute atomic E-state index is 0.188. The molecule has 2 nitrogen and oxygen atoms in total. The fourth-order valence-corrected chi connectivity index (χ4v) is 1.91. The van der Waals surface area contributed by atoms with Gasteiger partial charge in [0.2, 0.25) is 0 Å². The Morgan fingerprint density at radius 1 is 1.41 bits per heavy atom. The van der Waals surface area contributed by atoms with Crippen molar-refractivity contribution in [3.63, 3.8) is 0 Å². The molecule has 0 saturated carbocycles. The summed E-state index contributed by atoms with van der Waals surface area (Å²) < 4.78 is 42.9. The normalized spacial score (nSPS) is 24.1. The standard InChI is InChI=1S/C12H14F3NO/c1-11(6-16)5-8-2-3-9(12(13,14)15)4-10(8)17-7-11/h2-4H,5-7,16H2,1H3. The monoisotopic (exact) mass is 245 g/mol. The summed E-state index contributed by atoms with van der Waals surface area (Å²) in [5.41, 5.74) is 5.56. The Morgan fingerprint density at radius 3 is 2.71 bits per heavy atom. The highest BCUT2D eigenvalue weighted by Crippen LogP contribution is 2.38. The molecule has 94 valence electrons. The molecule has 1 heterocycles. The van der Waals surface area contributed by atoms with E-state index in [4.69, 9.17) is 10.5 Å². The molecule has 0 saturated heterocycles. The zero-order chi connectivity index (χ0) is 12.7. The van der Waals surface area contributed by atoms with Crippen molar-refractivity contribution in [3.05, 3.63) is 29.3 Å². The third-order valence-electron chi connectivity index (χ3n) is 3.08. The molecule has 0 fully saturated rings. The first kappa shape index (κ1) is 12.2. The second-order valence-electron chi connectivity index (χ2n) is 4.80. The van der Waals surface area contributed by atoms with E-state index in [1.54, 1.807) is 0 Å². The third kappa shape index (κ3) is 2.39. The van der Waals surface area contributed by atoms with Crippen LogP contribution in [-0.4, -0.2) is 13.2 Å². The fourth-order valence-electron chi connectivity index (χ4n) is 1.91. The minimum atomic E-state index is -4.33. The lowest BCUT2D eigenvalue weighted by molar-refractivity contribution is -0.137. The smallest absolute Gasteiger partial charge is 0.416 e. The number of benzene rings is 1. The number of nitrogens with two attached hydrogens (primary N) is 1. The molecule has 1 aliphatic heterocycles. The maximum absolute atomic E-state index is 12.5. The van der Waals surface area contributed by atoms with Gasteiger partial charge < -0.3 is 10.5 Å². The third-order valence-corrected chi connectivity index (χ3v) is 3.08. The van der Waals surface area contributed by atoms with E-state index in [0.717, 1.165) is 17.7 Å². The second kappa shape index (κ2) is 3.91. The molecular formula is C12H14F3NO. The van der Waals surface area contributed by atoms with Gasteiger partial charge in [-0.15, -0.1) is 0 Å². The minimum Gasteiger partial charge on any atom is -0.493 e. The van der Waals surface area contributed by atoms with Gasteiger partial charge in [-0.25, -0.2) is 0 Å². The van der Waals surface area contributed by atoms with Crippen LogP contribution < -0.4 is 10.5 Å². The Kier molecular flexibility index (Phi) is 2.81. The predicted octanol–water partition coefficient (Wildman–Crippen LogP) is 2.61. The number of hydrogen-bond donors (Lipinski definition) is 1. The number of rotatable bonds is 1. The highest BCUT2D eigenvalue weighted by molar-refractivity contribution is 5.40. The van der Waals surface area contributed by atoms with Crippen molar-refractivity contribution in [1.82, 2.24) is 0 Å². The number of alkyl halides is 3. The van der Waals surface area contributed by atoms with Crippen molar-refractivity contribution in [3.8, 4) is 5.75 Å². The molecule has 1 unspecified atom stereocenters. The Balaban J connectivity index is 2.32. The number of halogens is 3. The van der Waals surface area contributed by atoms with E-state index in [-0.39, 0.29) is 5.41 Å². The highest BCUT2D eigenvalue weighted by Gasteiger charge is 2.34. The van der Waals surface area contributed by atoms with Gasteiger partial charge in [-0.1, -0.05) is 13.0 Å². The number of fused-ring (bicyclic) bond motifs is 1. The van der Waals surface area contributed by atoms with Crippen molar-refractivity contribution in [2.45, 2.75) is 19.5 Å². The van der Waals surface area contributed by atoms with E-state index in [1.165, 1.54) is 6.07 Å². The molecule has 2 N–H and O–H groups in total. The quantitative estimate of drug-likeness (QED) is 0.825. The van der Waals surface area contributed by atoms with Crippen molar-refractivity contribution >= 4 is 0 Å². The van der Waals surface area contributed by atoms with E-state index in [0.29, 0.717) is 25.3 Å². The van der Waals surface area contributed by atoms with Crippen LogP contribution in [0.25, 0.3) is 0 Å². The fraction of sp³-hybridized carbons (Fsp3) is 0.500. The largest absolute Gasteiger partial charge is 0.493 e. The topological polar surface area (TPSA) is 35.2 Å². The van der Waals surface area contributed by atoms with Crippen LogP contribution in [0.1, 0.15) is 18.1 Å². The Morgan fingerprint density at radius 2 is 2.12 bits per heavy atom. The average molecular weight is 245 g/mol. The first-order valence-electron chi connectivity index (χ1n) is 5.37. The summed E-state index contributed by atoms with van der Waals surface area (Å²) in [5.74, 6) is 0.325. The van der Waals surface area contributed by atoms with E-state index in [9.17, 15) is 13.2 Å². The maximum atomic E-state index is 12.5. The summed E-state index contributed by atoms with van der Waals surface area (Å²) in [7, 11) is 0. The van der Waals surface area contributed by atoms with Crippen molar-refractivity contribution in [1.29, 1.82) is 0 Å². The van der Waals surface area contributed by atoms with Gasteiger partial charge in [0.1, 0.15) is 5.75 Å². The van der Waals surface area contributed by atoms with E-state index in [1.807, 2.05) is 6.92 Å². The van der Waals surface area contributed by atoms with Gasteiger partial charge in [0, 0.05) is 12.0 Å². The predicted molar refractivity (Wildman–Crippen MR) is 57.8 cm³/mol. The Labute approximate surface area is 97.6 Å². The molecule has 1 atom stereocenters. The van der Waals surface area contributed by atoms with Gasteiger partial charge in [-0.2, -0.15) is 13.2 Å². The summed E-state index contributed by atoms with van der Waals surface area (Å²) in [5, 5.41) is 0. The molecule has 0 aliphatic carbocycles. The molecule has 0 bridgehead atoms. The lowest BCUT2D eigenvalue weighted by Gasteiger charge is -2.34. The van der Waals surface area contributed by atoms with Gasteiger partial charge in [0.25, 0.3) is 0 Å². The van der Waals surface area contributed by atoms with Gasteiger partial charge in [-0.3, -0.25) is 0 Å². The van der Waals surface area contributed by atoms with Gasteiger partial charge in [0.15, 0.2) is 0 Å². The van der Waals surface area contributed by atoms with Crippen LogP contribution in [0.4, 0.5) is 13.2 Å². The molecule has 0 spiro atoms. The van der Waals surface area contributed by atoms with Crippen LogP contribution in [0.15, 0.2) is 18.2 Å². The number of hydrogen-bond acceptors (Lipinski definition) is 2. The molecule has 1 aromatic carbocycles. The van der Waals surface area contributed by atoms with Crippen LogP contribution in [0.5, 0.6) is 5.75 Å². The molecule has 5 heteroatoms. The Bertz CT molecular complexity index is 430. The molecule has 0 radical (unpaired) electrons. The average Bonchev–Trinajstić information content (AvgIpc) is 2.27. The van der Waals surface area contributed by atoms with Crippen LogP contribution in [0.3, 0.4) is 0 Å². The van der Waals surface area contributed by atoms with Crippen LogP contribution in [0.2, 0.25) is 0 Å². The molecule has 0 aromatic heterocycles. The Hall–Kier alpha value is -1.23. The zero-order valence-electron chi connectivity index (χ0n) is 9.47. The van der Waals surface area contributed by atoms with E-state index < -0.39 is 11.7 Å². The lowest BCUT2D eigenvalue weighted by Crippen LogP contribution is -2.38. The maximum Gasteiger partial charge on any atom is 0.416 e.